The summed E-state index contributed by atoms with van der Waals surface area (Å²) in [7, 11) is 0. The second-order valence-corrected chi connectivity index (χ2v) is 6.35. The number of Topliss-reactive ketones (excluding diaryl/α,β-unsaturated/α-hetero) is 1. The van der Waals surface area contributed by atoms with Crippen LogP contribution in [0.3, 0.4) is 0 Å². The van der Waals surface area contributed by atoms with E-state index >= 15 is 0 Å². The number of hydrogen-bond donors (Lipinski definition) is 0. The van der Waals surface area contributed by atoms with Crippen LogP contribution in [0.25, 0.3) is 0 Å². The molecule has 0 saturated carbocycles. The Hall–Kier alpha value is -1.22. The van der Waals surface area contributed by atoms with Gasteiger partial charge in [0.1, 0.15) is 5.82 Å². The molecule has 0 bridgehead atoms. The van der Waals surface area contributed by atoms with Gasteiger partial charge in [-0.1, -0.05) is 19.4 Å². The second kappa shape index (κ2) is 6.69. The molecule has 1 atom stereocenters. The quantitative estimate of drug-likeness (QED) is 0.820. The first-order chi connectivity index (χ1) is 9.97. The van der Waals surface area contributed by atoms with Gasteiger partial charge in [-0.3, -0.25) is 9.69 Å². The van der Waals surface area contributed by atoms with E-state index in [2.05, 4.69) is 18.7 Å². The molecule has 21 heavy (non-hydrogen) atoms. The fourth-order valence-corrected chi connectivity index (χ4v) is 3.21. The number of halogens is 1. The lowest BCUT2D eigenvalue weighted by atomic mass is 9.85. The van der Waals surface area contributed by atoms with Gasteiger partial charge in [-0.2, -0.15) is 0 Å². The fraction of sp³-hybridized carbons (Fsp3) is 0.611. The number of nitrogens with zero attached hydrogens (tertiary/aromatic N) is 1. The molecular weight excluding hydrogens is 265 g/mol. The Balaban J connectivity index is 2.15. The lowest BCUT2D eigenvalue weighted by Crippen LogP contribution is -2.54. The van der Waals surface area contributed by atoms with Crippen LogP contribution in [0.1, 0.15) is 50.7 Å². The van der Waals surface area contributed by atoms with E-state index in [0.717, 1.165) is 30.6 Å². The molecule has 2 rings (SSSR count). The highest BCUT2D eigenvalue weighted by molar-refractivity contribution is 5.90. The van der Waals surface area contributed by atoms with Crippen molar-refractivity contribution in [2.75, 3.05) is 13.1 Å². The minimum atomic E-state index is -0.388. The molecule has 116 valence electrons. The molecule has 0 radical (unpaired) electrons. The van der Waals surface area contributed by atoms with Gasteiger partial charge in [-0.15, -0.1) is 0 Å². The summed E-state index contributed by atoms with van der Waals surface area (Å²) < 4.78 is 13.2. The van der Waals surface area contributed by atoms with Crippen molar-refractivity contribution in [2.45, 2.75) is 58.4 Å². The number of aryl methyl sites for hydroxylation is 1. The van der Waals surface area contributed by atoms with Gasteiger partial charge in [-0.25, -0.2) is 4.39 Å². The molecule has 1 aromatic carbocycles. The van der Waals surface area contributed by atoms with Gasteiger partial charge in [-0.05, 0) is 69.5 Å². The van der Waals surface area contributed by atoms with Crippen LogP contribution in [0.4, 0.5) is 4.39 Å². The highest BCUT2D eigenvalue weighted by Crippen LogP contribution is 2.27. The first-order valence-corrected chi connectivity index (χ1v) is 8.00. The standard InChI is InChI=1S/C18H26FNO/c1-4-18(3,20-10-6-5-7-11-20)17(21)13-15-8-9-16(19)12-14(15)2/h8-9,12H,4-7,10-11,13H2,1-3H3. The number of benzene rings is 1. The number of likely N-dealkylation sites (tertiary alicyclic amines) is 1. The van der Waals surface area contributed by atoms with E-state index < -0.39 is 0 Å². The topological polar surface area (TPSA) is 20.3 Å². The maximum atomic E-state index is 13.2. The van der Waals surface area contributed by atoms with E-state index in [1.807, 2.05) is 6.92 Å². The normalized spacial score (nSPS) is 19.2. The van der Waals surface area contributed by atoms with Crippen molar-refractivity contribution in [1.29, 1.82) is 0 Å². The summed E-state index contributed by atoms with van der Waals surface area (Å²) in [6, 6.07) is 4.70. The van der Waals surface area contributed by atoms with Crippen LogP contribution in [0.2, 0.25) is 0 Å². The van der Waals surface area contributed by atoms with Gasteiger partial charge in [0.2, 0.25) is 0 Å². The lowest BCUT2D eigenvalue weighted by molar-refractivity contribution is -0.130. The summed E-state index contributed by atoms with van der Waals surface area (Å²) in [5, 5.41) is 0. The van der Waals surface area contributed by atoms with Crippen LogP contribution in [-0.2, 0) is 11.2 Å². The Labute approximate surface area is 127 Å². The van der Waals surface area contributed by atoms with E-state index in [9.17, 15) is 9.18 Å². The minimum Gasteiger partial charge on any atom is -0.297 e. The van der Waals surface area contributed by atoms with Gasteiger partial charge in [0.05, 0.1) is 5.54 Å². The van der Waals surface area contributed by atoms with E-state index in [-0.39, 0.29) is 17.1 Å². The van der Waals surface area contributed by atoms with E-state index in [4.69, 9.17) is 0 Å². The number of carbonyl (C=O) groups is 1. The van der Waals surface area contributed by atoms with E-state index in [0.29, 0.717) is 6.42 Å². The Bertz CT molecular complexity index is 508. The third kappa shape index (κ3) is 3.52. The largest absolute Gasteiger partial charge is 0.297 e. The molecule has 0 spiro atoms. The van der Waals surface area contributed by atoms with Crippen molar-refractivity contribution < 1.29 is 9.18 Å². The molecule has 0 aromatic heterocycles. The molecule has 3 heteroatoms. The molecule has 2 nitrogen and oxygen atoms in total. The summed E-state index contributed by atoms with van der Waals surface area (Å²) in [5.41, 5.74) is 1.42. The maximum absolute atomic E-state index is 13.2. The van der Waals surface area contributed by atoms with Crippen LogP contribution < -0.4 is 0 Å². The molecule has 1 unspecified atom stereocenters. The number of rotatable bonds is 5. The maximum Gasteiger partial charge on any atom is 0.157 e. The summed E-state index contributed by atoms with van der Waals surface area (Å²) in [6.07, 6.45) is 4.84. The molecule has 1 saturated heterocycles. The average Bonchev–Trinajstić information content (AvgIpc) is 2.50. The van der Waals surface area contributed by atoms with Crippen LogP contribution >= 0.6 is 0 Å². The Morgan fingerprint density at radius 2 is 1.95 bits per heavy atom. The van der Waals surface area contributed by atoms with Crippen molar-refractivity contribution in [3.63, 3.8) is 0 Å². The fourth-order valence-electron chi connectivity index (χ4n) is 3.21. The summed E-state index contributed by atoms with van der Waals surface area (Å²) in [4.78, 5) is 15.2. The zero-order chi connectivity index (χ0) is 15.5. The average molecular weight is 291 g/mol. The SMILES string of the molecule is CCC(C)(C(=O)Cc1ccc(F)cc1C)N1CCCCC1. The molecule has 0 aliphatic carbocycles. The summed E-state index contributed by atoms with van der Waals surface area (Å²) >= 11 is 0. The van der Waals surface area contributed by atoms with Crippen molar-refractivity contribution in [3.05, 3.63) is 35.1 Å². The van der Waals surface area contributed by atoms with Gasteiger partial charge >= 0.3 is 0 Å². The van der Waals surface area contributed by atoms with E-state index in [1.165, 1.54) is 31.4 Å². The number of carbonyl (C=O) groups excluding carboxylic acids is 1. The highest BCUT2D eigenvalue weighted by atomic mass is 19.1. The summed E-state index contributed by atoms with van der Waals surface area (Å²) in [5.74, 6) is 0.0135. The van der Waals surface area contributed by atoms with Crippen LogP contribution in [0, 0.1) is 12.7 Å². The van der Waals surface area contributed by atoms with Gasteiger partial charge in [0.15, 0.2) is 5.78 Å². The van der Waals surface area contributed by atoms with Crippen molar-refractivity contribution in [1.82, 2.24) is 4.90 Å². The van der Waals surface area contributed by atoms with Crippen LogP contribution in [0.15, 0.2) is 18.2 Å². The molecule has 0 amide bonds. The van der Waals surface area contributed by atoms with Crippen LogP contribution in [-0.4, -0.2) is 29.3 Å². The van der Waals surface area contributed by atoms with Crippen molar-refractivity contribution in [3.8, 4) is 0 Å². The van der Waals surface area contributed by atoms with Gasteiger partial charge in [0, 0.05) is 6.42 Å². The predicted octanol–water partition coefficient (Wildman–Crippen LogP) is 3.90. The third-order valence-corrected chi connectivity index (χ3v) is 5.00. The molecule has 1 aliphatic rings. The first kappa shape index (κ1) is 16.2. The Morgan fingerprint density at radius 1 is 1.29 bits per heavy atom. The number of hydrogen-bond acceptors (Lipinski definition) is 2. The molecule has 1 fully saturated rings. The molecule has 1 aliphatic heterocycles. The number of ketones is 1. The monoisotopic (exact) mass is 291 g/mol. The Morgan fingerprint density at radius 3 is 2.52 bits per heavy atom. The predicted molar refractivity (Wildman–Crippen MR) is 84.0 cm³/mol. The smallest absolute Gasteiger partial charge is 0.157 e. The molecule has 1 aromatic rings. The molecule has 0 N–H and O–H groups in total. The summed E-state index contributed by atoms with van der Waals surface area (Å²) in [6.45, 7) is 8.05. The molecule has 1 heterocycles. The molecular formula is C18H26FNO. The van der Waals surface area contributed by atoms with Crippen LogP contribution in [0.5, 0.6) is 0 Å². The lowest BCUT2D eigenvalue weighted by Gasteiger charge is -2.42. The van der Waals surface area contributed by atoms with E-state index in [1.54, 1.807) is 6.07 Å². The first-order valence-electron chi connectivity index (χ1n) is 8.00. The van der Waals surface area contributed by atoms with Gasteiger partial charge < -0.3 is 0 Å². The zero-order valence-corrected chi connectivity index (χ0v) is 13.4. The van der Waals surface area contributed by atoms with Crippen molar-refractivity contribution >= 4 is 5.78 Å². The second-order valence-electron chi connectivity index (χ2n) is 6.35. The third-order valence-electron chi connectivity index (χ3n) is 5.00. The highest BCUT2D eigenvalue weighted by Gasteiger charge is 2.37. The van der Waals surface area contributed by atoms with Crippen molar-refractivity contribution in [2.24, 2.45) is 0 Å². The zero-order valence-electron chi connectivity index (χ0n) is 13.4. The number of piperidine rings is 1. The minimum absolute atomic E-state index is 0.238. The van der Waals surface area contributed by atoms with Gasteiger partial charge in [0.25, 0.3) is 0 Å². The Kier molecular flexibility index (Phi) is 5.15.